The van der Waals surface area contributed by atoms with Crippen molar-refractivity contribution in [1.29, 1.82) is 0 Å². The lowest BCUT2D eigenvalue weighted by molar-refractivity contribution is -0.141. The van der Waals surface area contributed by atoms with Gasteiger partial charge in [0.15, 0.2) is 0 Å². The average Bonchev–Trinajstić information content (AvgIpc) is 3.15. The Morgan fingerprint density at radius 2 is 2.03 bits per heavy atom. The quantitative estimate of drug-likeness (QED) is 0.721. The Balaban J connectivity index is 1.30. The van der Waals surface area contributed by atoms with Crippen LogP contribution in [-0.4, -0.2) is 59.7 Å². The molecule has 1 N–H and O–H groups in total. The van der Waals surface area contributed by atoms with Gasteiger partial charge in [0, 0.05) is 25.2 Å². The molecule has 0 spiro atoms. The first kappa shape index (κ1) is 19.6. The Bertz CT molecular complexity index is 819. The highest BCUT2D eigenvalue weighted by molar-refractivity contribution is 5.69. The normalized spacial score (nSPS) is 19.6. The Morgan fingerprint density at radius 1 is 1.24 bits per heavy atom. The molecule has 1 aromatic heterocycles. The summed E-state index contributed by atoms with van der Waals surface area (Å²) < 4.78 is 10.9. The monoisotopic (exact) mass is 396 g/mol. The fraction of sp³-hybridized carbons (Fsp3) is 0.500. The van der Waals surface area contributed by atoms with E-state index in [9.17, 15) is 4.79 Å². The van der Waals surface area contributed by atoms with E-state index in [2.05, 4.69) is 44.5 Å². The summed E-state index contributed by atoms with van der Waals surface area (Å²) in [7, 11) is 1.43. The van der Waals surface area contributed by atoms with E-state index in [1.165, 1.54) is 18.2 Å². The van der Waals surface area contributed by atoms with E-state index < -0.39 is 0 Å². The topological polar surface area (TPSA) is 76.6 Å². The van der Waals surface area contributed by atoms with Crippen molar-refractivity contribution in [2.75, 3.05) is 32.1 Å². The predicted molar refractivity (Wildman–Crippen MR) is 110 cm³/mol. The Hall–Kier alpha value is -2.67. The predicted octanol–water partition coefficient (Wildman–Crippen LogP) is 2.46. The van der Waals surface area contributed by atoms with Crippen molar-refractivity contribution >= 4 is 11.8 Å². The van der Waals surface area contributed by atoms with E-state index in [1.807, 2.05) is 6.07 Å². The van der Waals surface area contributed by atoms with Crippen LogP contribution in [0.15, 0.2) is 36.7 Å². The van der Waals surface area contributed by atoms with E-state index >= 15 is 0 Å². The molecule has 7 heteroatoms. The lowest BCUT2D eigenvalue weighted by Crippen LogP contribution is -2.42. The number of rotatable bonds is 7. The fourth-order valence-corrected chi connectivity index (χ4v) is 4.19. The minimum atomic E-state index is -0.173. The summed E-state index contributed by atoms with van der Waals surface area (Å²) in [5.41, 5.74) is 2.81. The molecule has 0 saturated carbocycles. The number of hydrogen-bond acceptors (Lipinski definition) is 7. The number of carbonyl (C=O) groups excluding carboxylic acids is 1. The van der Waals surface area contributed by atoms with Crippen LogP contribution in [-0.2, 0) is 22.4 Å². The summed E-state index contributed by atoms with van der Waals surface area (Å²) in [6, 6.07) is 10.8. The Kier molecular flexibility index (Phi) is 6.24. The molecule has 2 aliphatic rings. The molecule has 1 aliphatic carbocycles. The molecule has 1 atom stereocenters. The molecule has 1 aliphatic heterocycles. The van der Waals surface area contributed by atoms with E-state index in [-0.39, 0.29) is 12.1 Å². The van der Waals surface area contributed by atoms with Crippen LogP contribution >= 0.6 is 0 Å². The molecular weight excluding hydrogens is 368 g/mol. The minimum Gasteiger partial charge on any atom is -0.473 e. The first-order valence-corrected chi connectivity index (χ1v) is 10.3. The molecule has 1 saturated heterocycles. The molecule has 0 bridgehead atoms. The first-order valence-electron chi connectivity index (χ1n) is 10.3. The van der Waals surface area contributed by atoms with Gasteiger partial charge in [0.1, 0.15) is 18.2 Å². The zero-order valence-electron chi connectivity index (χ0n) is 16.8. The summed E-state index contributed by atoms with van der Waals surface area (Å²) >= 11 is 0. The number of likely N-dealkylation sites (tertiary alicyclic amines) is 1. The van der Waals surface area contributed by atoms with E-state index in [1.54, 1.807) is 6.33 Å². The Morgan fingerprint density at radius 3 is 2.79 bits per heavy atom. The third-order valence-corrected chi connectivity index (χ3v) is 5.65. The maximum Gasteiger partial charge on any atom is 0.306 e. The zero-order chi connectivity index (χ0) is 20.1. The van der Waals surface area contributed by atoms with Crippen LogP contribution in [0.5, 0.6) is 5.88 Å². The van der Waals surface area contributed by atoms with Crippen LogP contribution in [0.1, 0.15) is 30.4 Å². The van der Waals surface area contributed by atoms with Gasteiger partial charge in [0.2, 0.25) is 5.88 Å². The van der Waals surface area contributed by atoms with Crippen molar-refractivity contribution in [3.63, 3.8) is 0 Å². The van der Waals surface area contributed by atoms with Gasteiger partial charge < -0.3 is 14.8 Å². The number of ether oxygens (including phenoxy) is 2. The number of nitrogens with one attached hydrogen (secondary N) is 1. The number of fused-ring (bicyclic) bond motifs is 1. The minimum absolute atomic E-state index is 0.0693. The summed E-state index contributed by atoms with van der Waals surface area (Å²) in [5.74, 6) is 1.22. The number of benzene rings is 1. The van der Waals surface area contributed by atoms with Crippen LogP contribution in [0.25, 0.3) is 0 Å². The number of carbonyl (C=O) groups is 1. The van der Waals surface area contributed by atoms with Gasteiger partial charge in [0.25, 0.3) is 0 Å². The third-order valence-electron chi connectivity index (χ3n) is 5.65. The first-order chi connectivity index (χ1) is 14.2. The molecule has 0 radical (unpaired) electrons. The van der Waals surface area contributed by atoms with Crippen molar-refractivity contribution in [3.8, 4) is 5.88 Å². The smallest absolute Gasteiger partial charge is 0.306 e. The number of piperidine rings is 1. The third kappa shape index (κ3) is 5.23. The van der Waals surface area contributed by atoms with Gasteiger partial charge >= 0.3 is 5.97 Å². The van der Waals surface area contributed by atoms with Gasteiger partial charge in [-0.05, 0) is 43.4 Å². The lowest BCUT2D eigenvalue weighted by Gasteiger charge is -2.32. The van der Waals surface area contributed by atoms with Crippen LogP contribution in [0.3, 0.4) is 0 Å². The van der Waals surface area contributed by atoms with E-state index in [0.717, 1.165) is 44.6 Å². The van der Waals surface area contributed by atoms with Crippen molar-refractivity contribution in [1.82, 2.24) is 14.9 Å². The summed E-state index contributed by atoms with van der Waals surface area (Å²) in [6.07, 6.45) is 6.08. The molecule has 154 valence electrons. The summed E-state index contributed by atoms with van der Waals surface area (Å²) in [6.45, 7) is 2.47. The standard InChI is InChI=1S/C22H28N4O3/c1-28-22(27)8-10-26-9-4-7-19(14-26)29-21-13-20(23-15-24-21)25-18-11-16-5-2-3-6-17(16)12-18/h2-3,5-6,13,15,18-19H,4,7-12,14H2,1H3,(H,23,24,25). The van der Waals surface area contributed by atoms with Gasteiger partial charge in [-0.15, -0.1) is 0 Å². The molecule has 2 heterocycles. The second-order valence-electron chi connectivity index (χ2n) is 7.77. The molecule has 4 rings (SSSR count). The number of esters is 1. The van der Waals surface area contributed by atoms with Crippen LogP contribution < -0.4 is 10.1 Å². The van der Waals surface area contributed by atoms with Crippen molar-refractivity contribution in [3.05, 3.63) is 47.8 Å². The van der Waals surface area contributed by atoms with Crippen LogP contribution in [0, 0.1) is 0 Å². The molecule has 2 aromatic rings. The molecular formula is C22H28N4O3. The van der Waals surface area contributed by atoms with Crippen molar-refractivity contribution in [2.24, 2.45) is 0 Å². The van der Waals surface area contributed by atoms with Crippen molar-refractivity contribution in [2.45, 2.75) is 44.2 Å². The summed E-state index contributed by atoms with van der Waals surface area (Å²) in [5, 5.41) is 3.52. The maximum atomic E-state index is 11.4. The largest absolute Gasteiger partial charge is 0.473 e. The maximum absolute atomic E-state index is 11.4. The SMILES string of the molecule is COC(=O)CCN1CCCC(Oc2cc(NC3Cc4ccccc4C3)ncn2)C1. The molecule has 1 unspecified atom stereocenters. The zero-order valence-corrected chi connectivity index (χ0v) is 16.8. The molecule has 1 aromatic carbocycles. The van der Waals surface area contributed by atoms with E-state index in [4.69, 9.17) is 9.47 Å². The fourth-order valence-electron chi connectivity index (χ4n) is 4.19. The van der Waals surface area contributed by atoms with Gasteiger partial charge in [-0.3, -0.25) is 9.69 Å². The molecule has 7 nitrogen and oxygen atoms in total. The average molecular weight is 396 g/mol. The number of aromatic nitrogens is 2. The second-order valence-corrected chi connectivity index (χ2v) is 7.77. The highest BCUT2D eigenvalue weighted by atomic mass is 16.5. The van der Waals surface area contributed by atoms with Gasteiger partial charge in [-0.1, -0.05) is 24.3 Å². The van der Waals surface area contributed by atoms with Crippen LogP contribution in [0.4, 0.5) is 5.82 Å². The Labute approximate surface area is 171 Å². The lowest BCUT2D eigenvalue weighted by atomic mass is 10.1. The van der Waals surface area contributed by atoms with Gasteiger partial charge in [0.05, 0.1) is 13.5 Å². The number of anilines is 1. The molecule has 1 fully saturated rings. The second kappa shape index (κ2) is 9.22. The summed E-state index contributed by atoms with van der Waals surface area (Å²) in [4.78, 5) is 22.3. The van der Waals surface area contributed by atoms with E-state index in [0.29, 0.717) is 24.9 Å². The highest BCUT2D eigenvalue weighted by Crippen LogP contribution is 2.25. The number of methoxy groups -OCH3 is 1. The molecule has 0 amide bonds. The van der Waals surface area contributed by atoms with Crippen LogP contribution in [0.2, 0.25) is 0 Å². The number of nitrogens with zero attached hydrogens (tertiary/aromatic N) is 3. The van der Waals surface area contributed by atoms with Gasteiger partial charge in [-0.25, -0.2) is 9.97 Å². The number of hydrogen-bond donors (Lipinski definition) is 1. The van der Waals surface area contributed by atoms with Crippen molar-refractivity contribution < 1.29 is 14.3 Å². The van der Waals surface area contributed by atoms with Gasteiger partial charge in [-0.2, -0.15) is 0 Å². The highest BCUT2D eigenvalue weighted by Gasteiger charge is 2.23. The molecule has 29 heavy (non-hydrogen) atoms.